The van der Waals surface area contributed by atoms with E-state index in [9.17, 15) is 18.0 Å². The van der Waals surface area contributed by atoms with Gasteiger partial charge >= 0.3 is 0 Å². The maximum atomic E-state index is 13.7. The molecular formula is C30H37N3O5S. The highest BCUT2D eigenvalue weighted by atomic mass is 32.2. The minimum Gasteiger partial charge on any atom is -0.457 e. The van der Waals surface area contributed by atoms with Gasteiger partial charge in [0.25, 0.3) is 0 Å². The Morgan fingerprint density at radius 2 is 1.49 bits per heavy atom. The van der Waals surface area contributed by atoms with Crippen LogP contribution in [0.5, 0.6) is 11.5 Å². The summed E-state index contributed by atoms with van der Waals surface area (Å²) in [6.07, 6.45) is 1.80. The van der Waals surface area contributed by atoms with Crippen molar-refractivity contribution >= 4 is 27.5 Å². The zero-order valence-electron chi connectivity index (χ0n) is 23.1. The minimum absolute atomic E-state index is 0.0552. The highest BCUT2D eigenvalue weighted by Crippen LogP contribution is 2.26. The molecule has 0 bridgehead atoms. The second-order valence-corrected chi connectivity index (χ2v) is 11.6. The Hall–Kier alpha value is -3.85. The molecule has 8 nitrogen and oxygen atoms in total. The average Bonchev–Trinajstić information content (AvgIpc) is 2.91. The van der Waals surface area contributed by atoms with Crippen LogP contribution in [0.4, 0.5) is 5.69 Å². The lowest BCUT2D eigenvalue weighted by Crippen LogP contribution is -2.52. The summed E-state index contributed by atoms with van der Waals surface area (Å²) in [5.74, 6) is 0.397. The van der Waals surface area contributed by atoms with Crippen LogP contribution in [0.3, 0.4) is 0 Å². The molecular weight excluding hydrogens is 514 g/mol. The van der Waals surface area contributed by atoms with E-state index in [2.05, 4.69) is 5.32 Å². The Morgan fingerprint density at radius 3 is 2.05 bits per heavy atom. The van der Waals surface area contributed by atoms with Crippen LogP contribution in [-0.2, 0) is 26.2 Å². The molecule has 0 heterocycles. The summed E-state index contributed by atoms with van der Waals surface area (Å²) in [6.45, 7) is 7.19. The second-order valence-electron chi connectivity index (χ2n) is 9.68. The third-order valence-electron chi connectivity index (χ3n) is 6.42. The first-order valence-corrected chi connectivity index (χ1v) is 14.8. The van der Waals surface area contributed by atoms with E-state index in [1.165, 1.54) is 4.90 Å². The largest absolute Gasteiger partial charge is 0.457 e. The van der Waals surface area contributed by atoms with Crippen LogP contribution in [0.1, 0.15) is 38.3 Å². The third kappa shape index (κ3) is 8.58. The monoisotopic (exact) mass is 551 g/mol. The topological polar surface area (TPSA) is 96.0 Å². The molecule has 0 saturated carbocycles. The van der Waals surface area contributed by atoms with Crippen molar-refractivity contribution in [3.63, 3.8) is 0 Å². The number of carbonyl (C=O) groups excluding carboxylic acids is 2. The molecule has 0 saturated heterocycles. The minimum atomic E-state index is -3.82. The molecule has 2 atom stereocenters. The number of carbonyl (C=O) groups is 2. The van der Waals surface area contributed by atoms with Crippen LogP contribution >= 0.6 is 0 Å². The molecule has 0 aliphatic heterocycles. The third-order valence-corrected chi connectivity index (χ3v) is 7.57. The van der Waals surface area contributed by atoms with Gasteiger partial charge in [-0.05, 0) is 69.2 Å². The van der Waals surface area contributed by atoms with Gasteiger partial charge in [0.2, 0.25) is 21.8 Å². The fraction of sp³-hybridized carbons (Fsp3) is 0.333. The molecule has 39 heavy (non-hydrogen) atoms. The highest BCUT2D eigenvalue weighted by molar-refractivity contribution is 7.92. The summed E-state index contributed by atoms with van der Waals surface area (Å²) in [4.78, 5) is 28.1. The Morgan fingerprint density at radius 1 is 0.897 bits per heavy atom. The number of para-hydroxylation sites is 1. The molecule has 3 rings (SSSR count). The summed E-state index contributed by atoms with van der Waals surface area (Å²) in [7, 11) is -3.82. The van der Waals surface area contributed by atoms with E-state index in [0.29, 0.717) is 17.2 Å². The van der Waals surface area contributed by atoms with Crippen molar-refractivity contribution in [1.29, 1.82) is 0 Å². The van der Waals surface area contributed by atoms with Crippen molar-refractivity contribution in [2.24, 2.45) is 0 Å². The maximum absolute atomic E-state index is 13.7. The smallest absolute Gasteiger partial charge is 0.244 e. The lowest BCUT2D eigenvalue weighted by atomic mass is 10.1. The molecule has 9 heteroatoms. The van der Waals surface area contributed by atoms with Crippen molar-refractivity contribution in [3.8, 4) is 11.5 Å². The van der Waals surface area contributed by atoms with Crippen molar-refractivity contribution in [2.75, 3.05) is 17.1 Å². The number of anilines is 1. The molecule has 0 fully saturated rings. The second kappa shape index (κ2) is 13.3. The van der Waals surface area contributed by atoms with Gasteiger partial charge in [-0.3, -0.25) is 13.9 Å². The molecule has 1 N–H and O–H groups in total. The Bertz CT molecular complexity index is 1340. The van der Waals surface area contributed by atoms with Crippen LogP contribution in [0.15, 0.2) is 78.9 Å². The SMILES string of the molecule is CC[C@H](C)NC(=O)[C@H](C)N(Cc1ccc(C)cc1)C(=O)CN(c1ccc(Oc2ccccc2)cc1)S(C)(=O)=O. The number of ether oxygens (including phenoxy) is 1. The molecule has 0 unspecified atom stereocenters. The number of hydrogen-bond donors (Lipinski definition) is 1. The summed E-state index contributed by atoms with van der Waals surface area (Å²) in [5.41, 5.74) is 2.23. The molecule has 0 spiro atoms. The summed E-state index contributed by atoms with van der Waals surface area (Å²) >= 11 is 0. The molecule has 0 radical (unpaired) electrons. The number of nitrogens with one attached hydrogen (secondary N) is 1. The van der Waals surface area contributed by atoms with E-state index >= 15 is 0 Å². The van der Waals surface area contributed by atoms with Gasteiger partial charge in [-0.2, -0.15) is 0 Å². The van der Waals surface area contributed by atoms with Crippen molar-refractivity contribution in [3.05, 3.63) is 90.0 Å². The number of nitrogens with zero attached hydrogens (tertiary/aromatic N) is 2. The zero-order chi connectivity index (χ0) is 28.6. The summed E-state index contributed by atoms with van der Waals surface area (Å²) in [6, 6.07) is 22.5. The number of benzene rings is 3. The molecule has 2 amide bonds. The zero-order valence-corrected chi connectivity index (χ0v) is 23.9. The predicted octanol–water partition coefficient (Wildman–Crippen LogP) is 4.89. The van der Waals surface area contributed by atoms with Gasteiger partial charge in [0, 0.05) is 12.6 Å². The van der Waals surface area contributed by atoms with E-state index < -0.39 is 28.5 Å². The number of rotatable bonds is 12. The van der Waals surface area contributed by atoms with E-state index in [4.69, 9.17) is 4.74 Å². The van der Waals surface area contributed by atoms with Crippen LogP contribution in [0, 0.1) is 6.92 Å². The van der Waals surface area contributed by atoms with Crippen molar-refractivity contribution < 1.29 is 22.7 Å². The van der Waals surface area contributed by atoms with E-state index in [0.717, 1.165) is 28.1 Å². The number of hydrogen-bond acceptors (Lipinski definition) is 5. The Labute approximate surface area is 231 Å². The highest BCUT2D eigenvalue weighted by Gasteiger charge is 2.30. The van der Waals surface area contributed by atoms with Crippen LogP contribution in [0.25, 0.3) is 0 Å². The van der Waals surface area contributed by atoms with Crippen molar-refractivity contribution in [1.82, 2.24) is 10.2 Å². The quantitative estimate of drug-likeness (QED) is 0.346. The lowest BCUT2D eigenvalue weighted by molar-refractivity contribution is -0.139. The fourth-order valence-electron chi connectivity index (χ4n) is 3.86. The Kier molecular flexibility index (Phi) is 10.1. The molecule has 0 aliphatic rings. The standard InChI is InChI=1S/C30H37N3O5S/c1-6-23(3)31-30(35)24(4)32(20-25-14-12-22(2)13-15-25)29(34)21-33(39(5,36)37)26-16-18-28(19-17-26)38-27-10-8-7-9-11-27/h7-19,23-24H,6,20-21H2,1-5H3,(H,31,35)/t23-,24-/m0/s1. The maximum Gasteiger partial charge on any atom is 0.244 e. The van der Waals surface area contributed by atoms with Gasteiger partial charge in [-0.15, -0.1) is 0 Å². The summed E-state index contributed by atoms with van der Waals surface area (Å²) < 4.78 is 32.4. The van der Waals surface area contributed by atoms with Gasteiger partial charge in [-0.1, -0.05) is 55.0 Å². The first-order chi connectivity index (χ1) is 18.5. The first-order valence-electron chi connectivity index (χ1n) is 12.9. The summed E-state index contributed by atoms with van der Waals surface area (Å²) in [5, 5.41) is 2.92. The van der Waals surface area contributed by atoms with Crippen molar-refractivity contribution in [2.45, 2.75) is 52.7 Å². The average molecular weight is 552 g/mol. The lowest BCUT2D eigenvalue weighted by Gasteiger charge is -2.32. The molecule has 208 valence electrons. The van der Waals surface area contributed by atoms with Crippen LogP contribution in [-0.4, -0.2) is 50.0 Å². The number of aryl methyl sites for hydroxylation is 1. The number of amides is 2. The predicted molar refractivity (Wildman–Crippen MR) is 154 cm³/mol. The van der Waals surface area contributed by atoms with Gasteiger partial charge in [0.15, 0.2) is 0 Å². The van der Waals surface area contributed by atoms with Gasteiger partial charge in [0.05, 0.1) is 11.9 Å². The first kappa shape index (κ1) is 29.7. The number of sulfonamides is 1. The molecule has 0 aliphatic carbocycles. The Balaban J connectivity index is 1.85. The van der Waals surface area contributed by atoms with Gasteiger partial charge in [0.1, 0.15) is 24.1 Å². The van der Waals surface area contributed by atoms with E-state index in [1.54, 1.807) is 31.2 Å². The molecule has 3 aromatic carbocycles. The van der Waals surface area contributed by atoms with Crippen LogP contribution < -0.4 is 14.4 Å². The molecule has 3 aromatic rings. The van der Waals surface area contributed by atoms with E-state index in [-0.39, 0.29) is 18.5 Å². The van der Waals surface area contributed by atoms with E-state index in [1.807, 2.05) is 75.4 Å². The normalized spacial score (nSPS) is 12.7. The van der Waals surface area contributed by atoms with Gasteiger partial charge < -0.3 is 15.0 Å². The fourth-order valence-corrected chi connectivity index (χ4v) is 4.71. The van der Waals surface area contributed by atoms with Crippen LogP contribution in [0.2, 0.25) is 0 Å². The van der Waals surface area contributed by atoms with Gasteiger partial charge in [-0.25, -0.2) is 8.42 Å². The molecule has 0 aromatic heterocycles.